The van der Waals surface area contributed by atoms with Crippen molar-refractivity contribution in [1.29, 1.82) is 0 Å². The molecule has 7 heteroatoms. The number of ketones is 1. The van der Waals surface area contributed by atoms with Crippen molar-refractivity contribution in [3.8, 4) is 17.0 Å². The molecule has 1 aliphatic heterocycles. The van der Waals surface area contributed by atoms with Crippen molar-refractivity contribution in [2.45, 2.75) is 40.2 Å². The maximum atomic E-state index is 12.8. The third-order valence-corrected chi connectivity index (χ3v) is 5.11. The minimum atomic E-state index is -0.907. The molecular formula is C22H24N4O3. The van der Waals surface area contributed by atoms with E-state index in [1.807, 2.05) is 39.0 Å². The van der Waals surface area contributed by atoms with E-state index < -0.39 is 11.0 Å². The zero-order valence-electron chi connectivity index (χ0n) is 17.5. The molecule has 0 fully saturated rings. The third kappa shape index (κ3) is 3.06. The lowest BCUT2D eigenvalue weighted by molar-refractivity contribution is -0.132. The Labute approximate surface area is 169 Å². The molecule has 29 heavy (non-hydrogen) atoms. The Hall–Kier alpha value is -3.22. The van der Waals surface area contributed by atoms with Crippen molar-refractivity contribution in [1.82, 2.24) is 15.0 Å². The molecule has 3 heterocycles. The smallest absolute Gasteiger partial charge is 0.270 e. The summed E-state index contributed by atoms with van der Waals surface area (Å²) in [5.41, 5.74) is 2.29. The number of H-pyrrole nitrogens is 1. The van der Waals surface area contributed by atoms with Crippen molar-refractivity contribution in [2.75, 3.05) is 11.9 Å². The molecule has 150 valence electrons. The summed E-state index contributed by atoms with van der Waals surface area (Å²) in [7, 11) is 1.73. The van der Waals surface area contributed by atoms with Gasteiger partial charge in [-0.05, 0) is 32.0 Å². The molecule has 0 bridgehead atoms. The average Bonchev–Trinajstić information content (AvgIpc) is 3.07. The van der Waals surface area contributed by atoms with E-state index in [9.17, 15) is 9.59 Å². The highest BCUT2D eigenvalue weighted by Gasteiger charge is 2.39. The van der Waals surface area contributed by atoms with E-state index in [-0.39, 0.29) is 11.7 Å². The van der Waals surface area contributed by atoms with Crippen LogP contribution in [0.5, 0.6) is 5.75 Å². The predicted octanol–water partition coefficient (Wildman–Crippen LogP) is 3.99. The summed E-state index contributed by atoms with van der Waals surface area (Å²) in [5.74, 6) is 0.522. The van der Waals surface area contributed by atoms with E-state index in [1.165, 1.54) is 0 Å². The molecule has 1 amide bonds. The second-order valence-electron chi connectivity index (χ2n) is 8.89. The van der Waals surface area contributed by atoms with Crippen molar-refractivity contribution >= 4 is 28.5 Å². The lowest BCUT2D eigenvalue weighted by Crippen LogP contribution is -2.50. The van der Waals surface area contributed by atoms with Crippen molar-refractivity contribution in [3.63, 3.8) is 0 Å². The van der Waals surface area contributed by atoms with E-state index in [2.05, 4.69) is 9.97 Å². The van der Waals surface area contributed by atoms with Crippen LogP contribution in [0.4, 0.5) is 5.69 Å². The summed E-state index contributed by atoms with van der Waals surface area (Å²) in [6.45, 7) is 9.14. The summed E-state index contributed by atoms with van der Waals surface area (Å²) in [6, 6.07) is 5.57. The summed E-state index contributed by atoms with van der Waals surface area (Å²) in [5, 5.41) is 0. The molecule has 7 nitrogen and oxygen atoms in total. The number of rotatable bonds is 2. The Morgan fingerprint density at radius 1 is 1.24 bits per heavy atom. The second-order valence-corrected chi connectivity index (χ2v) is 8.89. The van der Waals surface area contributed by atoms with Crippen LogP contribution in [-0.4, -0.2) is 39.3 Å². The Kier molecular flexibility index (Phi) is 4.05. The normalized spacial score (nSPS) is 15.9. The number of fused-ring (bicyclic) bond motifs is 2. The fraction of sp³-hybridized carbons (Fsp3) is 0.364. The maximum absolute atomic E-state index is 12.8. The van der Waals surface area contributed by atoms with Crippen molar-refractivity contribution in [2.24, 2.45) is 5.41 Å². The van der Waals surface area contributed by atoms with Gasteiger partial charge in [0, 0.05) is 24.2 Å². The number of hydrogen-bond acceptors (Lipinski definition) is 5. The van der Waals surface area contributed by atoms with Gasteiger partial charge in [-0.25, -0.2) is 9.97 Å². The number of carbonyl (C=O) groups is 2. The average molecular weight is 392 g/mol. The van der Waals surface area contributed by atoms with Gasteiger partial charge in [-0.3, -0.25) is 9.59 Å². The minimum Gasteiger partial charge on any atom is -0.476 e. The number of amides is 1. The maximum Gasteiger partial charge on any atom is 0.270 e. The van der Waals surface area contributed by atoms with Crippen molar-refractivity contribution in [3.05, 3.63) is 36.2 Å². The quantitative estimate of drug-likeness (QED) is 0.666. The molecule has 1 aromatic carbocycles. The van der Waals surface area contributed by atoms with Crippen LogP contribution >= 0.6 is 0 Å². The number of benzene rings is 1. The molecule has 2 aromatic heterocycles. The highest BCUT2D eigenvalue weighted by molar-refractivity contribution is 6.08. The van der Waals surface area contributed by atoms with Gasteiger partial charge in [-0.1, -0.05) is 20.8 Å². The fourth-order valence-corrected chi connectivity index (χ4v) is 3.46. The number of aromatic amines is 1. The lowest BCUT2D eigenvalue weighted by atomic mass is 9.87. The molecule has 4 rings (SSSR count). The summed E-state index contributed by atoms with van der Waals surface area (Å²) < 4.78 is 5.86. The molecular weight excluding hydrogens is 368 g/mol. The topological polar surface area (TPSA) is 88.2 Å². The van der Waals surface area contributed by atoms with Crippen LogP contribution in [0.25, 0.3) is 22.4 Å². The Morgan fingerprint density at radius 2 is 1.97 bits per heavy atom. The van der Waals surface area contributed by atoms with Crippen LogP contribution in [0, 0.1) is 5.41 Å². The predicted molar refractivity (Wildman–Crippen MR) is 111 cm³/mol. The summed E-state index contributed by atoms with van der Waals surface area (Å²) in [6.07, 6.45) is 3.32. The lowest BCUT2D eigenvalue weighted by Gasteiger charge is -2.37. The van der Waals surface area contributed by atoms with Gasteiger partial charge in [0.15, 0.2) is 17.0 Å². The largest absolute Gasteiger partial charge is 0.476 e. The molecule has 3 aromatic rings. The van der Waals surface area contributed by atoms with Gasteiger partial charge in [0.25, 0.3) is 5.91 Å². The Morgan fingerprint density at radius 3 is 2.66 bits per heavy atom. The van der Waals surface area contributed by atoms with Crippen LogP contribution in [0.2, 0.25) is 0 Å². The fourth-order valence-electron chi connectivity index (χ4n) is 3.46. The zero-order valence-corrected chi connectivity index (χ0v) is 17.5. The van der Waals surface area contributed by atoms with Gasteiger partial charge in [-0.2, -0.15) is 0 Å². The summed E-state index contributed by atoms with van der Waals surface area (Å²) >= 11 is 0. The molecule has 0 saturated heterocycles. The molecule has 0 spiro atoms. The third-order valence-electron chi connectivity index (χ3n) is 5.11. The molecule has 0 saturated carbocycles. The minimum absolute atomic E-state index is 0.00148. The molecule has 0 atom stereocenters. The van der Waals surface area contributed by atoms with Gasteiger partial charge < -0.3 is 14.6 Å². The highest BCUT2D eigenvalue weighted by atomic mass is 16.5. The number of anilines is 1. The van der Waals surface area contributed by atoms with Gasteiger partial charge in [-0.15, -0.1) is 0 Å². The SMILES string of the molecule is CN1C(=O)C(C)(C)Oc2ccc(-c3cnc4[nH]cc(C(=O)C(C)(C)C)c4n3)cc21. The Bertz CT molecular complexity index is 1150. The molecule has 1 N–H and O–H groups in total. The van der Waals surface area contributed by atoms with E-state index in [4.69, 9.17) is 9.72 Å². The van der Waals surface area contributed by atoms with Crippen LogP contribution in [0.1, 0.15) is 45.0 Å². The van der Waals surface area contributed by atoms with E-state index >= 15 is 0 Å². The number of hydrogen-bond donors (Lipinski definition) is 1. The number of Topliss-reactive ketones (excluding diaryl/α,β-unsaturated/α-hetero) is 1. The van der Waals surface area contributed by atoms with Crippen LogP contribution in [-0.2, 0) is 4.79 Å². The first-order valence-electron chi connectivity index (χ1n) is 9.49. The number of nitrogens with zero attached hydrogens (tertiary/aromatic N) is 3. The molecule has 0 aliphatic carbocycles. The van der Waals surface area contributed by atoms with Gasteiger partial charge in [0.1, 0.15) is 11.3 Å². The number of ether oxygens (including phenoxy) is 1. The first-order valence-corrected chi connectivity index (χ1v) is 9.49. The van der Waals surface area contributed by atoms with Gasteiger partial charge in [0.05, 0.1) is 23.1 Å². The van der Waals surface area contributed by atoms with Gasteiger partial charge in [0.2, 0.25) is 0 Å². The number of aromatic nitrogens is 3. The first-order chi connectivity index (χ1) is 13.5. The zero-order chi connectivity index (χ0) is 21.1. The van der Waals surface area contributed by atoms with E-state index in [1.54, 1.807) is 38.2 Å². The first kappa shape index (κ1) is 19.1. The summed E-state index contributed by atoms with van der Waals surface area (Å²) in [4.78, 5) is 39.1. The van der Waals surface area contributed by atoms with Crippen LogP contribution < -0.4 is 9.64 Å². The monoisotopic (exact) mass is 392 g/mol. The molecule has 1 aliphatic rings. The van der Waals surface area contributed by atoms with Gasteiger partial charge >= 0.3 is 0 Å². The number of nitrogens with one attached hydrogen (secondary N) is 1. The second kappa shape index (κ2) is 6.14. The number of likely N-dealkylation sites (N-methyl/N-ethyl adjacent to an activating group) is 1. The number of carbonyl (C=O) groups excluding carboxylic acids is 2. The van der Waals surface area contributed by atoms with Crippen LogP contribution in [0.15, 0.2) is 30.6 Å². The molecule has 0 radical (unpaired) electrons. The van der Waals surface area contributed by atoms with E-state index in [0.717, 1.165) is 5.56 Å². The van der Waals surface area contributed by atoms with Crippen LogP contribution in [0.3, 0.4) is 0 Å². The Balaban J connectivity index is 1.80. The van der Waals surface area contributed by atoms with Crippen molar-refractivity contribution < 1.29 is 14.3 Å². The van der Waals surface area contributed by atoms with E-state index in [0.29, 0.717) is 33.9 Å². The standard InChI is InChI=1S/C22H24N4O3/c1-21(2,3)18(27)13-10-23-19-17(13)25-14(11-24-19)12-7-8-16-15(9-12)26(6)20(28)22(4,5)29-16/h7-11H,1-6H3,(H,23,24). The highest BCUT2D eigenvalue weighted by Crippen LogP contribution is 2.39. The molecule has 0 unspecified atom stereocenters.